The topological polar surface area (TPSA) is 12.0 Å². The Hall–Kier alpha value is -0.495. The van der Waals surface area contributed by atoms with Crippen molar-refractivity contribution in [2.75, 3.05) is 7.05 Å². The largest absolute Gasteiger partial charge is 0.317 e. The summed E-state index contributed by atoms with van der Waals surface area (Å²) in [6, 6.07) is 0.520. The lowest BCUT2D eigenvalue weighted by atomic mass is 9.91. The zero-order valence-electron chi connectivity index (χ0n) is 8.52. The van der Waals surface area contributed by atoms with E-state index in [1.807, 2.05) is 27.0 Å². The number of nitrogens with one attached hydrogen (secondary N) is 1. The summed E-state index contributed by atoms with van der Waals surface area (Å²) < 4.78 is 0. The number of hydrogen-bond donors (Lipinski definition) is 1. The third-order valence-corrected chi connectivity index (χ3v) is 1.86. The highest BCUT2D eigenvalue weighted by atomic mass is 14.8. The molecule has 1 atom stereocenters. The van der Waals surface area contributed by atoms with Crippen LogP contribution in [0.5, 0.6) is 0 Å². The van der Waals surface area contributed by atoms with Crippen LogP contribution >= 0.6 is 0 Å². The van der Waals surface area contributed by atoms with Crippen LogP contribution in [0.3, 0.4) is 0 Å². The molecule has 0 fully saturated rings. The molecule has 1 nitrogen and oxygen atoms in total. The summed E-state index contributed by atoms with van der Waals surface area (Å²) >= 11 is 0. The monoisotopic (exact) mass is 163 g/mol. The van der Waals surface area contributed by atoms with Gasteiger partial charge in [-0.25, -0.2) is 0 Å². The van der Waals surface area contributed by atoms with Gasteiger partial charge in [-0.15, -0.1) is 0 Å². The zero-order valence-corrected chi connectivity index (χ0v) is 8.52. The fourth-order valence-corrected chi connectivity index (χ4v) is 0.684. The number of hydrogen-bond acceptors (Lipinski definition) is 1. The fourth-order valence-electron chi connectivity index (χ4n) is 0.684. The van der Waals surface area contributed by atoms with Gasteiger partial charge in [0.25, 0.3) is 0 Å². The van der Waals surface area contributed by atoms with Crippen molar-refractivity contribution in [2.45, 2.75) is 33.2 Å². The van der Waals surface area contributed by atoms with Crippen molar-refractivity contribution >= 4 is 7.85 Å². The minimum absolute atomic E-state index is 0.520. The molecule has 0 heterocycles. The normalized spacial score (nSPS) is 13.3. The lowest BCUT2D eigenvalue weighted by molar-refractivity contribution is 0.620. The van der Waals surface area contributed by atoms with Crippen molar-refractivity contribution in [3.05, 3.63) is 23.2 Å². The summed E-state index contributed by atoms with van der Waals surface area (Å²) in [6.07, 6.45) is 5.09. The molecule has 66 valence electrons. The second kappa shape index (κ2) is 6.07. The Bertz CT molecular complexity index is 178. The van der Waals surface area contributed by atoms with Gasteiger partial charge in [-0.3, -0.25) is 0 Å². The van der Waals surface area contributed by atoms with Gasteiger partial charge in [0.15, 0.2) is 0 Å². The molecule has 0 saturated heterocycles. The maximum absolute atomic E-state index is 5.72. The lowest BCUT2D eigenvalue weighted by Gasteiger charge is -2.05. The van der Waals surface area contributed by atoms with E-state index in [-0.39, 0.29) is 0 Å². The molecule has 1 N–H and O–H groups in total. The van der Waals surface area contributed by atoms with Crippen molar-refractivity contribution < 1.29 is 0 Å². The molecule has 0 aliphatic heterocycles. The third-order valence-electron chi connectivity index (χ3n) is 1.86. The van der Waals surface area contributed by atoms with Crippen LogP contribution in [0.15, 0.2) is 23.2 Å². The zero-order chi connectivity index (χ0) is 9.56. The van der Waals surface area contributed by atoms with E-state index in [2.05, 4.69) is 18.3 Å². The molecule has 2 heteroatoms. The first-order valence-corrected chi connectivity index (χ1v) is 4.34. The van der Waals surface area contributed by atoms with Crippen LogP contribution in [0.25, 0.3) is 0 Å². The van der Waals surface area contributed by atoms with E-state index in [9.17, 15) is 0 Å². The molecule has 2 radical (unpaired) electrons. The first kappa shape index (κ1) is 11.5. The predicted octanol–water partition coefficient (Wildman–Crippen LogP) is 2.00. The highest BCUT2D eigenvalue weighted by Crippen LogP contribution is 2.01. The molecule has 0 spiro atoms. The maximum Gasteiger partial charge on any atom is 0.113 e. The highest BCUT2D eigenvalue weighted by Gasteiger charge is 1.92. The van der Waals surface area contributed by atoms with Gasteiger partial charge in [-0.1, -0.05) is 23.2 Å². The Labute approximate surface area is 77.3 Å². The standard InChI is InChI=1S/C10H18BN/c1-8(2)10(11)7-5-6-9(3)12-4/h5,7,9,12H,6H2,1-4H3/b7-5-. The first-order chi connectivity index (χ1) is 5.57. The maximum atomic E-state index is 5.72. The summed E-state index contributed by atoms with van der Waals surface area (Å²) in [5.74, 6) is 0. The Morgan fingerprint density at radius 1 is 1.50 bits per heavy atom. The van der Waals surface area contributed by atoms with Crippen molar-refractivity contribution in [1.29, 1.82) is 0 Å². The van der Waals surface area contributed by atoms with Crippen molar-refractivity contribution in [2.24, 2.45) is 0 Å². The minimum atomic E-state index is 0.520. The van der Waals surface area contributed by atoms with Crippen molar-refractivity contribution in [1.82, 2.24) is 5.32 Å². The quantitative estimate of drug-likeness (QED) is 0.493. The van der Waals surface area contributed by atoms with Gasteiger partial charge < -0.3 is 5.32 Å². The molecule has 12 heavy (non-hydrogen) atoms. The average Bonchev–Trinajstić information content (AvgIpc) is 2.03. The molecule has 0 aromatic heterocycles. The van der Waals surface area contributed by atoms with Gasteiger partial charge in [0.2, 0.25) is 0 Å². The van der Waals surface area contributed by atoms with Crippen molar-refractivity contribution in [3.63, 3.8) is 0 Å². The van der Waals surface area contributed by atoms with E-state index in [1.54, 1.807) is 0 Å². The molecule has 0 amide bonds. The van der Waals surface area contributed by atoms with E-state index < -0.39 is 0 Å². The first-order valence-electron chi connectivity index (χ1n) is 4.34. The summed E-state index contributed by atoms with van der Waals surface area (Å²) in [5.41, 5.74) is 2.04. The van der Waals surface area contributed by atoms with Crippen LogP contribution in [0, 0.1) is 0 Å². The number of rotatable bonds is 4. The van der Waals surface area contributed by atoms with Crippen molar-refractivity contribution in [3.8, 4) is 0 Å². The van der Waals surface area contributed by atoms with Crippen LogP contribution in [0.1, 0.15) is 27.2 Å². The molecule has 0 aromatic carbocycles. The van der Waals surface area contributed by atoms with E-state index in [0.29, 0.717) is 6.04 Å². The van der Waals surface area contributed by atoms with Crippen LogP contribution in [0.4, 0.5) is 0 Å². The fraction of sp³-hybridized carbons (Fsp3) is 0.600. The average molecular weight is 163 g/mol. The molecule has 0 bridgehead atoms. The van der Waals surface area contributed by atoms with E-state index in [4.69, 9.17) is 7.85 Å². The van der Waals surface area contributed by atoms with Gasteiger partial charge in [-0.2, -0.15) is 0 Å². The summed E-state index contributed by atoms with van der Waals surface area (Å²) in [7, 11) is 7.68. The van der Waals surface area contributed by atoms with E-state index in [1.165, 1.54) is 5.57 Å². The Kier molecular flexibility index (Phi) is 5.82. The second-order valence-electron chi connectivity index (χ2n) is 3.28. The minimum Gasteiger partial charge on any atom is -0.317 e. The highest BCUT2D eigenvalue weighted by molar-refractivity contribution is 6.23. The van der Waals surface area contributed by atoms with Crippen LogP contribution in [-0.4, -0.2) is 20.9 Å². The number of allylic oxidation sites excluding steroid dienone is 3. The Morgan fingerprint density at radius 3 is 2.50 bits per heavy atom. The van der Waals surface area contributed by atoms with Gasteiger partial charge in [0.05, 0.1) is 0 Å². The SMILES string of the molecule is [B]C(/C=C\CC(C)NC)=C(C)C. The molecule has 0 saturated carbocycles. The van der Waals surface area contributed by atoms with Gasteiger partial charge >= 0.3 is 0 Å². The summed E-state index contributed by atoms with van der Waals surface area (Å²) in [6.45, 7) is 6.17. The van der Waals surface area contributed by atoms with E-state index >= 15 is 0 Å². The van der Waals surface area contributed by atoms with Gasteiger partial charge in [-0.05, 0) is 34.2 Å². The van der Waals surface area contributed by atoms with Crippen LogP contribution in [0.2, 0.25) is 0 Å². The third kappa shape index (κ3) is 5.19. The van der Waals surface area contributed by atoms with Crippen LogP contribution in [-0.2, 0) is 0 Å². The molecule has 0 aromatic rings. The second-order valence-corrected chi connectivity index (χ2v) is 3.28. The Balaban J connectivity index is 3.85. The molecular formula is C10H18BN. The van der Waals surface area contributed by atoms with Gasteiger partial charge in [0, 0.05) is 6.04 Å². The molecule has 1 unspecified atom stereocenters. The van der Waals surface area contributed by atoms with Crippen LogP contribution < -0.4 is 5.32 Å². The lowest BCUT2D eigenvalue weighted by Crippen LogP contribution is -2.19. The summed E-state index contributed by atoms with van der Waals surface area (Å²) in [4.78, 5) is 0. The van der Waals surface area contributed by atoms with E-state index in [0.717, 1.165) is 11.9 Å². The molecule has 0 aliphatic carbocycles. The molecule has 0 rings (SSSR count). The van der Waals surface area contributed by atoms with Gasteiger partial charge in [0.1, 0.15) is 7.85 Å². The summed E-state index contributed by atoms with van der Waals surface area (Å²) in [5, 5.41) is 3.16. The Morgan fingerprint density at radius 2 is 2.08 bits per heavy atom. The molecular weight excluding hydrogens is 145 g/mol. The molecule has 0 aliphatic rings. The smallest absolute Gasteiger partial charge is 0.113 e. The predicted molar refractivity (Wildman–Crippen MR) is 56.4 cm³/mol.